The molecule has 2 nitrogen and oxygen atoms in total. The molecule has 2 fully saturated rings. The van der Waals surface area contributed by atoms with Crippen LogP contribution < -0.4 is 5.32 Å². The molecule has 1 saturated heterocycles. The third-order valence-corrected chi connectivity index (χ3v) is 3.63. The molecule has 1 heterocycles. The molecule has 1 aliphatic carbocycles. The first-order valence-electron chi connectivity index (χ1n) is 5.82. The minimum atomic E-state index is 0.346. The predicted molar refractivity (Wildman–Crippen MR) is 58.8 cm³/mol. The number of nitrogens with one attached hydrogen (secondary N) is 1. The van der Waals surface area contributed by atoms with Gasteiger partial charge in [0.25, 0.3) is 0 Å². The first kappa shape index (κ1) is 10.7. The number of hydrogen-bond donors (Lipinski definition) is 1. The first-order chi connectivity index (χ1) is 6.86. The molecule has 82 valence electrons. The molecule has 0 amide bonds. The Hall–Kier alpha value is 0.210. The number of hydrogen-bond acceptors (Lipinski definition) is 2. The monoisotopic (exact) mass is 217 g/mol. The van der Waals surface area contributed by atoms with Crippen molar-refractivity contribution in [2.75, 3.05) is 19.7 Å². The molecule has 2 rings (SSSR count). The summed E-state index contributed by atoms with van der Waals surface area (Å²) in [6, 6.07) is 0. The van der Waals surface area contributed by atoms with E-state index in [0.717, 1.165) is 25.6 Å². The third-order valence-electron chi connectivity index (χ3n) is 3.12. The maximum Gasteiger partial charge on any atom is 0.0699 e. The Labute approximate surface area is 91.3 Å². The van der Waals surface area contributed by atoms with E-state index in [9.17, 15) is 0 Å². The Kier molecular flexibility index (Phi) is 4.09. The van der Waals surface area contributed by atoms with E-state index in [1.54, 1.807) is 0 Å². The molecular formula is C11H20ClNO. The summed E-state index contributed by atoms with van der Waals surface area (Å²) in [4.78, 5) is 0. The highest BCUT2D eigenvalue weighted by Crippen LogP contribution is 2.35. The first-order valence-corrected chi connectivity index (χ1v) is 6.26. The van der Waals surface area contributed by atoms with Crippen molar-refractivity contribution in [3.05, 3.63) is 0 Å². The van der Waals surface area contributed by atoms with Crippen molar-refractivity contribution in [2.24, 2.45) is 5.92 Å². The summed E-state index contributed by atoms with van der Waals surface area (Å²) >= 11 is 6.19. The molecule has 0 bridgehead atoms. The second-order valence-electron chi connectivity index (χ2n) is 4.50. The topological polar surface area (TPSA) is 21.3 Å². The Morgan fingerprint density at radius 3 is 2.79 bits per heavy atom. The normalized spacial score (nSPS) is 30.2. The Balaban J connectivity index is 1.52. The van der Waals surface area contributed by atoms with E-state index in [0.29, 0.717) is 11.5 Å². The number of alkyl halides is 1. The lowest BCUT2D eigenvalue weighted by molar-refractivity contribution is 0.0170. The quantitative estimate of drug-likeness (QED) is 0.713. The van der Waals surface area contributed by atoms with E-state index >= 15 is 0 Å². The highest BCUT2D eigenvalue weighted by Gasteiger charge is 2.29. The molecule has 0 aromatic heterocycles. The molecular weight excluding hydrogens is 198 g/mol. The van der Waals surface area contributed by atoms with Crippen LogP contribution in [0.5, 0.6) is 0 Å². The maximum atomic E-state index is 6.19. The average molecular weight is 218 g/mol. The van der Waals surface area contributed by atoms with Crippen LogP contribution in [-0.2, 0) is 4.74 Å². The summed E-state index contributed by atoms with van der Waals surface area (Å²) in [5, 5.41) is 3.77. The van der Waals surface area contributed by atoms with Crippen molar-refractivity contribution >= 4 is 11.6 Å². The van der Waals surface area contributed by atoms with Gasteiger partial charge in [-0.3, -0.25) is 0 Å². The van der Waals surface area contributed by atoms with Gasteiger partial charge < -0.3 is 10.1 Å². The van der Waals surface area contributed by atoms with Gasteiger partial charge >= 0.3 is 0 Å². The fraction of sp³-hybridized carbons (Fsp3) is 1.00. The fourth-order valence-corrected chi connectivity index (χ4v) is 2.34. The van der Waals surface area contributed by atoms with Gasteiger partial charge in [-0.25, -0.2) is 0 Å². The van der Waals surface area contributed by atoms with Crippen LogP contribution in [0, 0.1) is 5.92 Å². The van der Waals surface area contributed by atoms with E-state index in [-0.39, 0.29) is 0 Å². The van der Waals surface area contributed by atoms with E-state index < -0.39 is 0 Å². The second kappa shape index (κ2) is 5.34. The number of rotatable bonds is 5. The van der Waals surface area contributed by atoms with Crippen LogP contribution in [0.25, 0.3) is 0 Å². The van der Waals surface area contributed by atoms with Crippen molar-refractivity contribution in [3.63, 3.8) is 0 Å². The van der Waals surface area contributed by atoms with Crippen molar-refractivity contribution in [1.29, 1.82) is 0 Å². The Morgan fingerprint density at radius 1 is 1.29 bits per heavy atom. The van der Waals surface area contributed by atoms with Crippen molar-refractivity contribution < 1.29 is 4.74 Å². The molecule has 1 N–H and O–H groups in total. The van der Waals surface area contributed by atoms with Crippen LogP contribution >= 0.6 is 11.6 Å². The van der Waals surface area contributed by atoms with E-state index in [2.05, 4.69) is 5.32 Å². The molecule has 2 atom stereocenters. The van der Waals surface area contributed by atoms with Gasteiger partial charge in [-0.2, -0.15) is 0 Å². The zero-order chi connectivity index (χ0) is 9.80. The van der Waals surface area contributed by atoms with Gasteiger partial charge in [-0.1, -0.05) is 0 Å². The maximum absolute atomic E-state index is 6.19. The van der Waals surface area contributed by atoms with E-state index in [1.165, 1.54) is 32.1 Å². The number of halogens is 1. The molecule has 2 unspecified atom stereocenters. The van der Waals surface area contributed by atoms with Crippen LogP contribution in [0.4, 0.5) is 0 Å². The predicted octanol–water partition coefficient (Wildman–Crippen LogP) is 2.16. The molecule has 2 aliphatic rings. The van der Waals surface area contributed by atoms with Gasteiger partial charge in [0, 0.05) is 25.1 Å². The standard InChI is InChI=1S/C11H20ClNO/c12-11(9-4-5-9)8-13-7-10-3-1-2-6-14-10/h9-11,13H,1-8H2. The molecule has 0 spiro atoms. The second-order valence-corrected chi connectivity index (χ2v) is 5.06. The van der Waals surface area contributed by atoms with Gasteiger partial charge in [-0.05, 0) is 38.0 Å². The molecule has 3 heteroatoms. The zero-order valence-electron chi connectivity index (χ0n) is 8.68. The number of ether oxygens (including phenoxy) is 1. The SMILES string of the molecule is ClC(CNCC1CCCCO1)C1CC1. The van der Waals surface area contributed by atoms with Gasteiger partial charge in [0.1, 0.15) is 0 Å². The zero-order valence-corrected chi connectivity index (χ0v) is 9.43. The molecule has 14 heavy (non-hydrogen) atoms. The summed E-state index contributed by atoms with van der Waals surface area (Å²) in [6.07, 6.45) is 6.86. The third kappa shape index (κ3) is 3.41. The molecule has 0 aromatic rings. The van der Waals surface area contributed by atoms with Gasteiger partial charge in [0.15, 0.2) is 0 Å². The average Bonchev–Trinajstić information content (AvgIpc) is 3.02. The summed E-state index contributed by atoms with van der Waals surface area (Å²) in [7, 11) is 0. The lowest BCUT2D eigenvalue weighted by Gasteiger charge is -2.23. The smallest absolute Gasteiger partial charge is 0.0699 e. The Bertz CT molecular complexity index is 167. The summed E-state index contributed by atoms with van der Waals surface area (Å²) in [5.41, 5.74) is 0. The van der Waals surface area contributed by atoms with E-state index in [4.69, 9.17) is 16.3 Å². The van der Waals surface area contributed by atoms with Gasteiger partial charge in [0.05, 0.1) is 6.10 Å². The van der Waals surface area contributed by atoms with Crippen LogP contribution in [0.2, 0.25) is 0 Å². The van der Waals surface area contributed by atoms with Crippen molar-refractivity contribution in [3.8, 4) is 0 Å². The lowest BCUT2D eigenvalue weighted by atomic mass is 10.1. The largest absolute Gasteiger partial charge is 0.377 e. The highest BCUT2D eigenvalue weighted by atomic mass is 35.5. The van der Waals surface area contributed by atoms with Crippen LogP contribution in [0.1, 0.15) is 32.1 Å². The summed E-state index contributed by atoms with van der Waals surface area (Å²) in [5.74, 6) is 0.788. The van der Waals surface area contributed by atoms with Crippen LogP contribution in [0.15, 0.2) is 0 Å². The molecule has 1 aliphatic heterocycles. The molecule has 0 aromatic carbocycles. The molecule has 0 radical (unpaired) electrons. The summed E-state index contributed by atoms with van der Waals surface area (Å²) in [6.45, 7) is 2.88. The summed E-state index contributed by atoms with van der Waals surface area (Å²) < 4.78 is 5.63. The molecule has 1 saturated carbocycles. The van der Waals surface area contributed by atoms with Crippen molar-refractivity contribution in [1.82, 2.24) is 5.32 Å². The Morgan fingerprint density at radius 2 is 2.14 bits per heavy atom. The van der Waals surface area contributed by atoms with E-state index in [1.807, 2.05) is 0 Å². The van der Waals surface area contributed by atoms with Gasteiger partial charge in [0.2, 0.25) is 0 Å². The highest BCUT2D eigenvalue weighted by molar-refractivity contribution is 6.21. The van der Waals surface area contributed by atoms with Gasteiger partial charge in [-0.15, -0.1) is 11.6 Å². The fourth-order valence-electron chi connectivity index (χ4n) is 1.98. The van der Waals surface area contributed by atoms with Crippen LogP contribution in [0.3, 0.4) is 0 Å². The van der Waals surface area contributed by atoms with Crippen molar-refractivity contribution in [2.45, 2.75) is 43.6 Å². The lowest BCUT2D eigenvalue weighted by Crippen LogP contribution is -2.35. The minimum Gasteiger partial charge on any atom is -0.377 e. The van der Waals surface area contributed by atoms with Crippen LogP contribution in [-0.4, -0.2) is 31.2 Å². The minimum absolute atomic E-state index is 0.346.